The minimum atomic E-state index is -1.03. The molecule has 0 aromatic heterocycles. The van der Waals surface area contributed by atoms with Gasteiger partial charge in [0.15, 0.2) is 0 Å². The van der Waals surface area contributed by atoms with Crippen molar-refractivity contribution in [2.24, 2.45) is 10.9 Å². The Morgan fingerprint density at radius 2 is 1.84 bits per heavy atom. The van der Waals surface area contributed by atoms with Crippen molar-refractivity contribution < 1.29 is 33.5 Å². The molecule has 1 aliphatic heterocycles. The lowest BCUT2D eigenvalue weighted by Gasteiger charge is -2.32. The van der Waals surface area contributed by atoms with Crippen LogP contribution >= 0.6 is 0 Å². The average molecular weight is 447 g/mol. The first-order valence-corrected chi connectivity index (χ1v) is 9.95. The van der Waals surface area contributed by atoms with Crippen LogP contribution in [-0.4, -0.2) is 55.5 Å². The zero-order chi connectivity index (χ0) is 23.8. The summed E-state index contributed by atoms with van der Waals surface area (Å²) in [7, 11) is 1.38. The number of nitrogens with one attached hydrogen (secondary N) is 1. The predicted octanol–water partition coefficient (Wildman–Crippen LogP) is 2.51. The molecule has 1 aromatic rings. The standard InChI is InChI=1S/C21H25N3O8/c1-5-30-19(25)16-12(3)23-15(11-32-21(27)22-4)18(20(26)31-6-2)17(16)13-8-7-9-14(10-13)24(28)29/h7-10,16-17H,5-6,11H2,1-4H3,(H,22,27). The molecule has 172 valence electrons. The van der Waals surface area contributed by atoms with Crippen molar-refractivity contribution in [1.29, 1.82) is 0 Å². The number of carbonyl (C=O) groups excluding carboxylic acids is 3. The second-order valence-corrected chi connectivity index (χ2v) is 6.72. The Balaban J connectivity index is 2.72. The lowest BCUT2D eigenvalue weighted by molar-refractivity contribution is -0.384. The van der Waals surface area contributed by atoms with Gasteiger partial charge in [-0.1, -0.05) is 12.1 Å². The summed E-state index contributed by atoms with van der Waals surface area (Å²) in [6.07, 6.45) is -0.743. The highest BCUT2D eigenvalue weighted by Crippen LogP contribution is 2.41. The second kappa shape index (κ2) is 11.0. The summed E-state index contributed by atoms with van der Waals surface area (Å²) >= 11 is 0. The Hall–Kier alpha value is -3.76. The smallest absolute Gasteiger partial charge is 0.407 e. The summed E-state index contributed by atoms with van der Waals surface area (Å²) in [5.41, 5.74) is 0.480. The molecule has 1 aliphatic rings. The van der Waals surface area contributed by atoms with Crippen molar-refractivity contribution in [3.8, 4) is 0 Å². The molecule has 32 heavy (non-hydrogen) atoms. The monoisotopic (exact) mass is 447 g/mol. The maximum absolute atomic E-state index is 13.0. The number of nitro groups is 1. The zero-order valence-electron chi connectivity index (χ0n) is 18.2. The first-order valence-electron chi connectivity index (χ1n) is 9.95. The number of rotatable bonds is 8. The highest BCUT2D eigenvalue weighted by atomic mass is 16.6. The normalized spacial score (nSPS) is 17.8. The van der Waals surface area contributed by atoms with Gasteiger partial charge >= 0.3 is 18.0 Å². The fourth-order valence-corrected chi connectivity index (χ4v) is 3.43. The fraction of sp³-hybridized carbons (Fsp3) is 0.429. The molecule has 11 heteroatoms. The number of aliphatic imine (C=N–C) groups is 1. The molecule has 0 spiro atoms. The van der Waals surface area contributed by atoms with Crippen LogP contribution in [0.5, 0.6) is 0 Å². The van der Waals surface area contributed by atoms with Crippen molar-refractivity contribution in [2.45, 2.75) is 26.7 Å². The first kappa shape index (κ1) is 24.5. The van der Waals surface area contributed by atoms with Crippen molar-refractivity contribution in [3.63, 3.8) is 0 Å². The number of benzene rings is 1. The van der Waals surface area contributed by atoms with Crippen molar-refractivity contribution in [1.82, 2.24) is 5.32 Å². The summed E-state index contributed by atoms with van der Waals surface area (Å²) in [6.45, 7) is 4.59. The summed E-state index contributed by atoms with van der Waals surface area (Å²) in [5.74, 6) is -3.43. The number of nitro benzene ring substituents is 1. The van der Waals surface area contributed by atoms with E-state index in [0.29, 0.717) is 11.3 Å². The molecule has 0 saturated carbocycles. The van der Waals surface area contributed by atoms with Crippen LogP contribution in [0.4, 0.5) is 10.5 Å². The second-order valence-electron chi connectivity index (χ2n) is 6.72. The van der Waals surface area contributed by atoms with Gasteiger partial charge in [-0.2, -0.15) is 0 Å². The average Bonchev–Trinajstić information content (AvgIpc) is 2.76. The van der Waals surface area contributed by atoms with E-state index in [1.54, 1.807) is 26.8 Å². The summed E-state index contributed by atoms with van der Waals surface area (Å²) in [5, 5.41) is 13.6. The third-order valence-corrected chi connectivity index (χ3v) is 4.74. The molecule has 1 amide bonds. The van der Waals surface area contributed by atoms with E-state index in [2.05, 4.69) is 10.3 Å². The van der Waals surface area contributed by atoms with Gasteiger partial charge in [-0.3, -0.25) is 19.9 Å². The van der Waals surface area contributed by atoms with Gasteiger partial charge in [0, 0.05) is 30.8 Å². The van der Waals surface area contributed by atoms with Crippen LogP contribution in [0.15, 0.2) is 40.5 Å². The van der Waals surface area contributed by atoms with E-state index in [4.69, 9.17) is 14.2 Å². The SMILES string of the molecule is CCOC(=O)C1=C(COC(=O)NC)N=C(C)C(C(=O)OCC)C1c1cccc([N+](=O)[O-])c1. The summed E-state index contributed by atoms with van der Waals surface area (Å²) in [6, 6.07) is 5.61. The Morgan fingerprint density at radius 3 is 2.44 bits per heavy atom. The van der Waals surface area contributed by atoms with E-state index in [1.807, 2.05) is 0 Å². The molecule has 0 radical (unpaired) electrons. The molecule has 2 atom stereocenters. The van der Waals surface area contributed by atoms with E-state index >= 15 is 0 Å². The number of nitrogens with zero attached hydrogens (tertiary/aromatic N) is 2. The third kappa shape index (κ3) is 5.48. The van der Waals surface area contributed by atoms with Gasteiger partial charge in [0.25, 0.3) is 5.69 Å². The molecular formula is C21H25N3O8. The molecule has 0 saturated heterocycles. The van der Waals surface area contributed by atoms with Gasteiger partial charge in [-0.15, -0.1) is 0 Å². The zero-order valence-corrected chi connectivity index (χ0v) is 18.2. The molecule has 2 rings (SSSR count). The third-order valence-electron chi connectivity index (χ3n) is 4.74. The van der Waals surface area contributed by atoms with E-state index < -0.39 is 34.8 Å². The van der Waals surface area contributed by atoms with Crippen molar-refractivity contribution in [3.05, 3.63) is 51.2 Å². The quantitative estimate of drug-likeness (QED) is 0.277. The Morgan fingerprint density at radius 1 is 1.16 bits per heavy atom. The topological polar surface area (TPSA) is 146 Å². The molecule has 0 bridgehead atoms. The minimum absolute atomic E-state index is 0.0279. The Bertz CT molecular complexity index is 970. The molecule has 11 nitrogen and oxygen atoms in total. The van der Waals surface area contributed by atoms with Crippen LogP contribution < -0.4 is 5.32 Å². The van der Waals surface area contributed by atoms with E-state index in [-0.39, 0.29) is 36.8 Å². The Kier molecular flexibility index (Phi) is 8.45. The molecular weight excluding hydrogens is 422 g/mol. The number of hydrogen-bond acceptors (Lipinski definition) is 9. The van der Waals surface area contributed by atoms with Gasteiger partial charge in [0.05, 0.1) is 29.4 Å². The van der Waals surface area contributed by atoms with Crippen LogP contribution in [0.25, 0.3) is 0 Å². The number of amides is 1. The largest absolute Gasteiger partial charge is 0.465 e. The Labute approximate surface area is 184 Å². The summed E-state index contributed by atoms with van der Waals surface area (Å²) in [4.78, 5) is 52.5. The fourth-order valence-electron chi connectivity index (χ4n) is 3.43. The number of alkyl carbamates (subject to hydrolysis) is 1. The van der Waals surface area contributed by atoms with Crippen molar-refractivity contribution in [2.75, 3.05) is 26.9 Å². The van der Waals surface area contributed by atoms with Gasteiger partial charge in [0.2, 0.25) is 0 Å². The molecule has 1 N–H and O–H groups in total. The van der Waals surface area contributed by atoms with Crippen LogP contribution in [0.1, 0.15) is 32.3 Å². The van der Waals surface area contributed by atoms with Crippen molar-refractivity contribution >= 4 is 29.4 Å². The number of hydrogen-bond donors (Lipinski definition) is 1. The lowest BCUT2D eigenvalue weighted by atomic mass is 9.75. The van der Waals surface area contributed by atoms with Crippen LogP contribution in [0.2, 0.25) is 0 Å². The van der Waals surface area contributed by atoms with Crippen LogP contribution in [0, 0.1) is 16.0 Å². The van der Waals surface area contributed by atoms with Crippen LogP contribution in [0.3, 0.4) is 0 Å². The molecule has 1 heterocycles. The number of esters is 2. The highest BCUT2D eigenvalue weighted by Gasteiger charge is 2.43. The number of carbonyl (C=O) groups is 3. The number of ether oxygens (including phenoxy) is 3. The predicted molar refractivity (Wildman–Crippen MR) is 113 cm³/mol. The first-order chi connectivity index (χ1) is 15.2. The lowest BCUT2D eigenvalue weighted by Crippen LogP contribution is -2.37. The molecule has 2 unspecified atom stereocenters. The minimum Gasteiger partial charge on any atom is -0.465 e. The van der Waals surface area contributed by atoms with Gasteiger partial charge < -0.3 is 19.5 Å². The summed E-state index contributed by atoms with van der Waals surface area (Å²) < 4.78 is 15.5. The van der Waals surface area contributed by atoms with E-state index in [9.17, 15) is 24.5 Å². The van der Waals surface area contributed by atoms with E-state index in [0.717, 1.165) is 0 Å². The van der Waals surface area contributed by atoms with Gasteiger partial charge in [-0.25, -0.2) is 9.59 Å². The molecule has 0 fully saturated rings. The van der Waals surface area contributed by atoms with Gasteiger partial charge in [0.1, 0.15) is 12.5 Å². The highest BCUT2D eigenvalue weighted by molar-refractivity contribution is 6.07. The maximum atomic E-state index is 13.0. The molecule has 0 aliphatic carbocycles. The molecule has 1 aromatic carbocycles. The van der Waals surface area contributed by atoms with Crippen LogP contribution in [-0.2, 0) is 23.8 Å². The van der Waals surface area contributed by atoms with Gasteiger partial charge in [-0.05, 0) is 26.3 Å². The number of non-ortho nitro benzene ring substituents is 1. The maximum Gasteiger partial charge on any atom is 0.407 e. The van der Waals surface area contributed by atoms with E-state index in [1.165, 1.54) is 25.2 Å².